The predicted molar refractivity (Wildman–Crippen MR) is 439 cm³/mol. The van der Waals surface area contributed by atoms with E-state index in [1.165, 1.54) is 24.9 Å². The van der Waals surface area contributed by atoms with Crippen molar-refractivity contribution in [3.05, 3.63) is 323 Å². The summed E-state index contributed by atoms with van der Waals surface area (Å²) >= 11 is 1.33. The third kappa shape index (κ3) is 15.5. The number of thiazole rings is 1. The molecule has 14 aromatic heterocycles. The monoisotopic (exact) mass is 1570 g/mol. The summed E-state index contributed by atoms with van der Waals surface area (Å²) in [6.45, 7) is 10.6. The molecule has 0 aliphatic rings. The molecule has 0 aliphatic heterocycles. The molecule has 578 valence electrons. The number of fused-ring (bicyclic) bond motifs is 5. The van der Waals surface area contributed by atoms with Crippen molar-refractivity contribution >= 4 is 73.2 Å². The molecule has 17 aromatic rings. The molecule has 0 saturated carbocycles. The van der Waals surface area contributed by atoms with Gasteiger partial charge in [-0.2, -0.15) is 35.6 Å². The molecule has 0 fully saturated rings. The van der Waals surface area contributed by atoms with Crippen LogP contribution in [-0.4, -0.2) is 115 Å². The second kappa shape index (κ2) is 32.4. The number of pyridine rings is 3. The summed E-state index contributed by atoms with van der Waals surface area (Å²) in [4.78, 5) is 96.4. The number of nitrogens with one attached hydrogen (secondary N) is 4. The van der Waals surface area contributed by atoms with Gasteiger partial charge in [0, 0.05) is 63.7 Å². The van der Waals surface area contributed by atoms with E-state index in [0.29, 0.717) is 100 Å². The fourth-order valence-electron chi connectivity index (χ4n) is 13.4. The predicted octanol–water partition coefficient (Wildman–Crippen LogP) is 9.37. The lowest BCUT2D eigenvalue weighted by molar-refractivity contribution is 0.0930. The zero-order chi connectivity index (χ0) is 81.9. The Morgan fingerprint density at radius 2 is 0.940 bits per heavy atom. The topological polar surface area (TPSA) is 373 Å². The SMILES string of the molecule is Cc1nn2ccccc2c1C(=O)N[C@@H](C)c1nc(N)c(C(=N)C#Cc2cnn(C)c2)c(=O)n1-c1ccccc1.Cc1nn2ccccc2c1C(=O)N[C@@H](C)c1nc2onc(C#Cc3cnn(C)c3)c2c(=O)n1-c1ccccc1.Cc1nn2ccccc2c1C(=O)N[C@@H](C)c1nc2scc(C#Cc3cnn(C)c3)n2c(=O)c1-c1ccccc1. The quantitative estimate of drug-likeness (QED) is 0.0530. The second-order valence-electron chi connectivity index (χ2n) is 27.0. The first-order valence-electron chi connectivity index (χ1n) is 36.5. The number of anilines is 1. The third-order valence-corrected chi connectivity index (χ3v) is 19.6. The van der Waals surface area contributed by atoms with Crippen LogP contribution in [0.1, 0.15) is 138 Å². The number of aryl methyl sites for hydroxylation is 6. The second-order valence-corrected chi connectivity index (χ2v) is 27.9. The molecule has 6 N–H and O–H groups in total. The van der Waals surface area contributed by atoms with Gasteiger partial charge in [-0.1, -0.05) is 108 Å². The molecule has 32 heteroatoms. The number of aromatic nitrogens is 19. The maximum absolute atomic E-state index is 14.0. The molecule has 0 aliphatic carbocycles. The van der Waals surface area contributed by atoms with Crippen LogP contribution in [-0.2, 0) is 21.1 Å². The van der Waals surface area contributed by atoms with Crippen LogP contribution in [0, 0.1) is 61.7 Å². The van der Waals surface area contributed by atoms with Crippen LogP contribution in [0.5, 0.6) is 0 Å². The van der Waals surface area contributed by atoms with Gasteiger partial charge in [0.05, 0.1) is 126 Å². The maximum atomic E-state index is 14.0. The normalized spacial score (nSPS) is 11.8. The summed E-state index contributed by atoms with van der Waals surface area (Å²) < 4.78 is 19.6. The first kappa shape index (κ1) is 76.4. The standard InChI is InChI=1S/C29H23N7O2S.C28H25N9O2.C28H22N8O3/c1-18-24(23-11-7-8-14-35(23)33-18)27(37)31-19(2)26-25(21-9-5-4-6-10-21)28(38)36-22(17-39-29(36)32-26)13-12-20-15-30-34(3)16-20;1-17-23(22-11-7-8-14-36(22)34-17)27(38)32-18(2)26-33-25(30)24(21(29)13-12-19-15-31-35(3)16-19)28(39)37(26)20-9-5-4-6-10-20;1-17-23(22-11-7-8-14-35(22)32-17)26(37)30-18(2)25-31-27-24(28(38)36(25)20-9-5-4-6-10-20)21(33-39-27)13-12-19-15-29-34(3)16-19/h4-11,14-17,19H,1-3H3,(H,31,37);4-11,14-16,18,29H,30H2,1-3H3,(H,32,38);4-11,14-16,18H,1-3H3,(H,30,37)/t19-;2*18-/m000/s1. The molecule has 0 unspecified atom stereocenters. The number of nitrogens with two attached hydrogens (primary N) is 1. The summed E-state index contributed by atoms with van der Waals surface area (Å²) in [5.74, 6) is 16.9. The Labute approximate surface area is 668 Å². The Kier molecular flexibility index (Phi) is 21.1. The number of hydrogen-bond donors (Lipinski definition) is 5. The molecule has 3 amide bonds. The fraction of sp³-hybridized carbons (Fsp3) is 0.141. The van der Waals surface area contributed by atoms with Crippen LogP contribution >= 0.6 is 11.3 Å². The van der Waals surface area contributed by atoms with Gasteiger partial charge in [-0.3, -0.25) is 57.4 Å². The van der Waals surface area contributed by atoms with E-state index < -0.39 is 29.2 Å². The molecule has 0 saturated heterocycles. The van der Waals surface area contributed by atoms with Gasteiger partial charge in [-0.25, -0.2) is 27.9 Å². The first-order valence-corrected chi connectivity index (χ1v) is 37.3. The van der Waals surface area contributed by atoms with Gasteiger partial charge < -0.3 is 26.2 Å². The van der Waals surface area contributed by atoms with Crippen molar-refractivity contribution in [2.24, 2.45) is 21.1 Å². The van der Waals surface area contributed by atoms with Gasteiger partial charge in [-0.05, 0) is 126 Å². The highest BCUT2D eigenvalue weighted by molar-refractivity contribution is 7.15. The molecule has 0 spiro atoms. The molecule has 3 aromatic carbocycles. The fourth-order valence-corrected chi connectivity index (χ4v) is 14.2. The largest absolute Gasteiger partial charge is 0.383 e. The van der Waals surface area contributed by atoms with E-state index in [-0.39, 0.29) is 68.8 Å². The molecular formula is C85H70N24O7S. The minimum absolute atomic E-state index is 0.0333. The zero-order valence-corrected chi connectivity index (χ0v) is 65.0. The minimum atomic E-state index is -0.726. The Hall–Kier alpha value is -16.0. The summed E-state index contributed by atoms with van der Waals surface area (Å²) in [6.07, 6.45) is 15.5. The lowest BCUT2D eigenvalue weighted by Crippen LogP contribution is -2.36. The van der Waals surface area contributed by atoms with Gasteiger partial charge in [0.1, 0.15) is 39.8 Å². The van der Waals surface area contributed by atoms with E-state index in [1.54, 1.807) is 162 Å². The Morgan fingerprint density at radius 1 is 0.504 bits per heavy atom. The van der Waals surface area contributed by atoms with Crippen LogP contribution in [0.25, 0.3) is 55.1 Å². The third-order valence-electron chi connectivity index (χ3n) is 18.8. The van der Waals surface area contributed by atoms with E-state index in [4.69, 9.17) is 20.7 Å². The van der Waals surface area contributed by atoms with Gasteiger partial charge in [-0.15, -0.1) is 11.3 Å². The number of carbonyl (C=O) groups is 3. The average Bonchev–Trinajstić information content (AvgIpc) is 1.69. The molecule has 14 heterocycles. The minimum Gasteiger partial charge on any atom is -0.383 e. The number of rotatable bonds is 13. The van der Waals surface area contributed by atoms with Crippen LogP contribution < -0.4 is 38.4 Å². The number of amides is 3. The van der Waals surface area contributed by atoms with E-state index in [2.05, 4.69) is 97.2 Å². The number of nitrogens with zero attached hydrogens (tertiary/aromatic N) is 19. The Morgan fingerprint density at radius 3 is 1.42 bits per heavy atom. The lowest BCUT2D eigenvalue weighted by Gasteiger charge is -2.20. The van der Waals surface area contributed by atoms with Crippen molar-refractivity contribution in [3.63, 3.8) is 0 Å². The maximum Gasteiger partial charge on any atom is 0.272 e. The van der Waals surface area contributed by atoms with Gasteiger partial charge in [0.2, 0.25) is 0 Å². The van der Waals surface area contributed by atoms with Crippen molar-refractivity contribution in [1.29, 1.82) is 5.41 Å². The molecular weight excluding hydrogens is 1500 g/mol. The summed E-state index contributed by atoms with van der Waals surface area (Å²) in [7, 11) is 5.37. The Balaban J connectivity index is 0.000000138. The first-order chi connectivity index (χ1) is 56.5. The highest BCUT2D eigenvalue weighted by Crippen LogP contribution is 2.29. The zero-order valence-electron chi connectivity index (χ0n) is 64.2. The van der Waals surface area contributed by atoms with Gasteiger partial charge >= 0.3 is 0 Å². The number of para-hydroxylation sites is 2. The van der Waals surface area contributed by atoms with E-state index in [1.807, 2.05) is 135 Å². The van der Waals surface area contributed by atoms with Crippen molar-refractivity contribution < 1.29 is 18.9 Å². The molecule has 17 rings (SSSR count). The number of benzene rings is 3. The summed E-state index contributed by atoms with van der Waals surface area (Å²) in [6, 6.07) is 41.9. The Bertz CT molecular complexity index is 6890. The van der Waals surface area contributed by atoms with Gasteiger partial charge in [0.15, 0.2) is 10.7 Å². The average molecular weight is 1570 g/mol. The molecule has 31 nitrogen and oxygen atoms in total. The number of hydrogen-bond acceptors (Lipinski definition) is 20. The van der Waals surface area contributed by atoms with E-state index >= 15 is 0 Å². The molecule has 117 heavy (non-hydrogen) atoms. The van der Waals surface area contributed by atoms with Crippen molar-refractivity contribution in [2.75, 3.05) is 5.73 Å². The van der Waals surface area contributed by atoms with Crippen molar-refractivity contribution in [2.45, 2.75) is 59.7 Å². The lowest BCUT2D eigenvalue weighted by atomic mass is 10.0. The summed E-state index contributed by atoms with van der Waals surface area (Å²) in [5, 5.41) is 49.0. The highest BCUT2D eigenvalue weighted by atomic mass is 32.1. The number of carbonyl (C=O) groups excluding carboxylic acids is 3. The van der Waals surface area contributed by atoms with Gasteiger partial charge in [0.25, 0.3) is 40.1 Å². The molecule has 3 atom stereocenters. The summed E-state index contributed by atoms with van der Waals surface area (Å²) in [5.41, 5.74) is 15.2. The molecule has 0 bridgehead atoms. The van der Waals surface area contributed by atoms with Crippen LogP contribution in [0.2, 0.25) is 0 Å². The van der Waals surface area contributed by atoms with Crippen LogP contribution in [0.15, 0.2) is 226 Å². The van der Waals surface area contributed by atoms with Crippen molar-refractivity contribution in [3.8, 4) is 58.0 Å². The smallest absolute Gasteiger partial charge is 0.272 e. The highest BCUT2D eigenvalue weighted by Gasteiger charge is 2.30. The number of nitrogen functional groups attached to an aromatic ring is 1. The van der Waals surface area contributed by atoms with Crippen LogP contribution in [0.3, 0.4) is 0 Å². The van der Waals surface area contributed by atoms with Crippen molar-refractivity contribution in [1.82, 2.24) is 108 Å². The van der Waals surface area contributed by atoms with E-state index in [9.17, 15) is 28.8 Å². The van der Waals surface area contributed by atoms with Crippen LogP contribution in [0.4, 0.5) is 5.82 Å². The molecule has 0 radical (unpaired) electrons. The van der Waals surface area contributed by atoms with E-state index in [0.717, 1.165) is 5.56 Å².